The summed E-state index contributed by atoms with van der Waals surface area (Å²) in [6.07, 6.45) is 2.30. The number of carbonyl (C=O) groups excluding carboxylic acids is 1. The zero-order chi connectivity index (χ0) is 14.7. The Hall–Kier alpha value is -2.55. The van der Waals surface area contributed by atoms with Gasteiger partial charge in [0, 0.05) is 26.1 Å². The highest BCUT2D eigenvalue weighted by molar-refractivity contribution is 5.98. The molecule has 0 spiro atoms. The van der Waals surface area contributed by atoms with Crippen molar-refractivity contribution in [3.05, 3.63) is 72.3 Å². The number of anilines is 1. The van der Waals surface area contributed by atoms with Crippen LogP contribution in [0, 0.1) is 0 Å². The maximum absolute atomic E-state index is 11.8. The van der Waals surface area contributed by atoms with E-state index in [9.17, 15) is 4.79 Å². The van der Waals surface area contributed by atoms with Gasteiger partial charge >= 0.3 is 0 Å². The Labute approximate surface area is 125 Å². The number of allylic oxidation sites excluding steroid dienone is 1. The molecule has 0 saturated heterocycles. The van der Waals surface area contributed by atoms with Gasteiger partial charge in [0.05, 0.1) is 11.4 Å². The van der Waals surface area contributed by atoms with Crippen molar-refractivity contribution < 1.29 is 4.79 Å². The molecule has 0 atom stereocenters. The maximum Gasteiger partial charge on any atom is 0.159 e. The molecule has 1 aliphatic rings. The number of ketones is 1. The van der Waals surface area contributed by atoms with Gasteiger partial charge in [-0.3, -0.25) is 14.8 Å². The number of para-hydroxylation sites is 1. The average molecular weight is 278 g/mol. The van der Waals surface area contributed by atoms with Gasteiger partial charge in [0.2, 0.25) is 0 Å². The van der Waals surface area contributed by atoms with Gasteiger partial charge in [-0.05, 0) is 17.7 Å². The summed E-state index contributed by atoms with van der Waals surface area (Å²) in [5.74, 6) is 0.187. The third-order valence-corrected chi connectivity index (χ3v) is 3.71. The van der Waals surface area contributed by atoms with Crippen LogP contribution in [0.4, 0.5) is 5.69 Å². The molecule has 3 heteroatoms. The second-order valence-corrected chi connectivity index (χ2v) is 5.09. The number of benzene rings is 2. The first-order valence-corrected chi connectivity index (χ1v) is 7.12. The van der Waals surface area contributed by atoms with Crippen molar-refractivity contribution in [1.82, 2.24) is 5.01 Å². The molecular formula is C18H18N2O. The van der Waals surface area contributed by atoms with Gasteiger partial charge in [-0.2, -0.15) is 0 Å². The summed E-state index contributed by atoms with van der Waals surface area (Å²) in [7, 11) is 2.03. The molecule has 0 unspecified atom stereocenters. The summed E-state index contributed by atoms with van der Waals surface area (Å²) in [4.78, 5) is 11.8. The van der Waals surface area contributed by atoms with Crippen molar-refractivity contribution in [2.45, 2.75) is 6.42 Å². The Morgan fingerprint density at radius 3 is 2.24 bits per heavy atom. The van der Waals surface area contributed by atoms with Crippen molar-refractivity contribution in [2.75, 3.05) is 18.6 Å². The second-order valence-electron chi connectivity index (χ2n) is 5.09. The molecule has 21 heavy (non-hydrogen) atoms. The summed E-state index contributed by atoms with van der Waals surface area (Å²) in [6.45, 7) is 0.699. The minimum Gasteiger partial charge on any atom is -0.295 e. The lowest BCUT2D eigenvalue weighted by molar-refractivity contribution is -0.115. The number of hydrazine groups is 1. The van der Waals surface area contributed by atoms with Crippen LogP contribution in [0.1, 0.15) is 12.0 Å². The van der Waals surface area contributed by atoms with Gasteiger partial charge in [0.15, 0.2) is 5.78 Å². The van der Waals surface area contributed by atoms with Crippen LogP contribution in [-0.2, 0) is 4.79 Å². The zero-order valence-corrected chi connectivity index (χ0v) is 12.1. The van der Waals surface area contributed by atoms with E-state index >= 15 is 0 Å². The molecule has 0 aromatic heterocycles. The lowest BCUT2D eigenvalue weighted by Gasteiger charge is -2.39. The van der Waals surface area contributed by atoms with Gasteiger partial charge in [0.1, 0.15) is 0 Å². The molecule has 2 aromatic rings. The largest absolute Gasteiger partial charge is 0.295 e. The first kappa shape index (κ1) is 13.4. The fourth-order valence-corrected chi connectivity index (χ4v) is 2.57. The van der Waals surface area contributed by atoms with Crippen LogP contribution in [-0.4, -0.2) is 24.4 Å². The van der Waals surface area contributed by atoms with E-state index in [1.807, 2.05) is 55.6 Å². The normalized spacial score (nSPS) is 14.8. The molecule has 3 rings (SSSR count). The monoisotopic (exact) mass is 278 g/mol. The predicted octanol–water partition coefficient (Wildman–Crippen LogP) is 3.35. The maximum atomic E-state index is 11.8. The summed E-state index contributed by atoms with van der Waals surface area (Å²) in [6, 6.07) is 20.2. The summed E-state index contributed by atoms with van der Waals surface area (Å²) in [5.41, 5.74) is 3.13. The van der Waals surface area contributed by atoms with Crippen molar-refractivity contribution in [3.63, 3.8) is 0 Å². The summed E-state index contributed by atoms with van der Waals surface area (Å²) >= 11 is 0. The fourth-order valence-electron chi connectivity index (χ4n) is 2.57. The lowest BCUT2D eigenvalue weighted by atomic mass is 10.1. The Balaban J connectivity index is 1.97. The Morgan fingerprint density at radius 1 is 0.952 bits per heavy atom. The van der Waals surface area contributed by atoms with Gasteiger partial charge in [-0.1, -0.05) is 48.5 Å². The van der Waals surface area contributed by atoms with Crippen LogP contribution in [0.25, 0.3) is 5.70 Å². The molecule has 0 saturated carbocycles. The van der Waals surface area contributed by atoms with Crippen LogP contribution in [0.2, 0.25) is 0 Å². The number of rotatable bonds is 3. The molecule has 2 aromatic carbocycles. The Kier molecular flexibility index (Phi) is 3.73. The first-order chi connectivity index (χ1) is 10.3. The van der Waals surface area contributed by atoms with Crippen LogP contribution in [0.3, 0.4) is 0 Å². The number of nitrogens with zero attached hydrogens (tertiary/aromatic N) is 2. The van der Waals surface area contributed by atoms with E-state index < -0.39 is 0 Å². The molecule has 0 bridgehead atoms. The molecule has 1 aliphatic heterocycles. The van der Waals surface area contributed by atoms with Gasteiger partial charge in [0.25, 0.3) is 0 Å². The topological polar surface area (TPSA) is 23.6 Å². The van der Waals surface area contributed by atoms with Gasteiger partial charge < -0.3 is 0 Å². The van der Waals surface area contributed by atoms with E-state index in [-0.39, 0.29) is 5.78 Å². The molecule has 0 fully saturated rings. The van der Waals surface area contributed by atoms with Crippen LogP contribution in [0.5, 0.6) is 0 Å². The minimum atomic E-state index is 0.187. The van der Waals surface area contributed by atoms with Gasteiger partial charge in [-0.15, -0.1) is 0 Å². The van der Waals surface area contributed by atoms with Crippen molar-refractivity contribution in [1.29, 1.82) is 0 Å². The van der Waals surface area contributed by atoms with E-state index in [4.69, 9.17) is 0 Å². The van der Waals surface area contributed by atoms with E-state index in [1.54, 1.807) is 6.08 Å². The standard InChI is InChI=1S/C18H18N2O/c1-19(16-10-6-3-7-11-16)20-13-12-17(21)14-18(20)15-8-4-2-5-9-15/h2-11,14H,12-13H2,1H3. The van der Waals surface area contributed by atoms with E-state index in [0.717, 1.165) is 16.9 Å². The highest BCUT2D eigenvalue weighted by atomic mass is 16.1. The quantitative estimate of drug-likeness (QED) is 0.860. The fraction of sp³-hybridized carbons (Fsp3) is 0.167. The van der Waals surface area contributed by atoms with Crippen molar-refractivity contribution in [3.8, 4) is 0 Å². The number of hydrogen-bond acceptors (Lipinski definition) is 3. The Morgan fingerprint density at radius 2 is 1.57 bits per heavy atom. The van der Waals surface area contributed by atoms with Crippen LogP contribution in [0.15, 0.2) is 66.7 Å². The molecule has 0 N–H and O–H groups in total. The van der Waals surface area contributed by atoms with E-state index in [1.165, 1.54) is 0 Å². The number of hydrogen-bond donors (Lipinski definition) is 0. The van der Waals surface area contributed by atoms with Gasteiger partial charge in [-0.25, -0.2) is 0 Å². The molecule has 0 amide bonds. The van der Waals surface area contributed by atoms with Crippen molar-refractivity contribution in [2.24, 2.45) is 0 Å². The minimum absolute atomic E-state index is 0.187. The average Bonchev–Trinajstić information content (AvgIpc) is 2.56. The zero-order valence-electron chi connectivity index (χ0n) is 12.1. The SMILES string of the molecule is CN(c1ccccc1)N1CCC(=O)C=C1c1ccccc1. The molecule has 1 heterocycles. The van der Waals surface area contributed by atoms with Crippen LogP contribution >= 0.6 is 0 Å². The number of carbonyl (C=O) groups is 1. The molecule has 0 radical (unpaired) electrons. The van der Waals surface area contributed by atoms with E-state index in [2.05, 4.69) is 22.2 Å². The Bertz CT molecular complexity index is 649. The molecular weight excluding hydrogens is 260 g/mol. The third-order valence-electron chi connectivity index (χ3n) is 3.71. The first-order valence-electron chi connectivity index (χ1n) is 7.12. The predicted molar refractivity (Wildman–Crippen MR) is 85.6 cm³/mol. The molecule has 3 nitrogen and oxygen atoms in total. The van der Waals surface area contributed by atoms with Crippen molar-refractivity contribution >= 4 is 17.2 Å². The second kappa shape index (κ2) is 5.83. The lowest BCUT2D eigenvalue weighted by Crippen LogP contribution is -2.42. The van der Waals surface area contributed by atoms with Crippen LogP contribution < -0.4 is 5.01 Å². The smallest absolute Gasteiger partial charge is 0.159 e. The molecule has 0 aliphatic carbocycles. The summed E-state index contributed by atoms with van der Waals surface area (Å²) in [5, 5.41) is 4.26. The highest BCUT2D eigenvalue weighted by Crippen LogP contribution is 2.27. The molecule has 106 valence electrons. The summed E-state index contributed by atoms with van der Waals surface area (Å²) < 4.78 is 0. The highest BCUT2D eigenvalue weighted by Gasteiger charge is 2.22. The third kappa shape index (κ3) is 2.82. The van der Waals surface area contributed by atoms with E-state index in [0.29, 0.717) is 13.0 Å².